The molecule has 1 saturated carbocycles. The van der Waals surface area contributed by atoms with Crippen LogP contribution in [0.2, 0.25) is 0 Å². The first-order chi connectivity index (χ1) is 4.47. The Hall–Kier alpha value is -0.440. The van der Waals surface area contributed by atoms with E-state index in [1.54, 1.807) is 0 Å². The van der Waals surface area contributed by atoms with Crippen LogP contribution >= 0.6 is 0 Å². The van der Waals surface area contributed by atoms with Crippen LogP contribution in [0.5, 0.6) is 0 Å². The molecule has 0 radical (unpaired) electrons. The van der Waals surface area contributed by atoms with Crippen molar-refractivity contribution in [1.82, 2.24) is 0 Å². The summed E-state index contributed by atoms with van der Waals surface area (Å²) in [4.78, 5) is 0. The summed E-state index contributed by atoms with van der Waals surface area (Å²) in [6, 6.07) is 0. The third kappa shape index (κ3) is 0.852. The fraction of sp³-hybridized carbons (Fsp3) is 0.778. The molecule has 2 aliphatic carbocycles. The second-order valence-electron chi connectivity index (χ2n) is 3.18. The molecule has 1 fully saturated rings. The highest BCUT2D eigenvalue weighted by Gasteiger charge is 2.25. The Bertz CT molecular complexity index is 159. The number of fused-ring (bicyclic) bond motifs is 1. The van der Waals surface area contributed by atoms with Gasteiger partial charge in [-0.15, -0.1) is 5.92 Å². The second-order valence-corrected chi connectivity index (χ2v) is 3.18. The van der Waals surface area contributed by atoms with Crippen LogP contribution in [0.3, 0.4) is 0 Å². The van der Waals surface area contributed by atoms with Crippen LogP contribution in [0.4, 0.5) is 0 Å². The van der Waals surface area contributed by atoms with Gasteiger partial charge in [-0.1, -0.05) is 18.8 Å². The minimum atomic E-state index is 0.804. The maximum atomic E-state index is 3.31. The van der Waals surface area contributed by atoms with E-state index >= 15 is 0 Å². The molecule has 0 saturated heterocycles. The van der Waals surface area contributed by atoms with E-state index in [4.69, 9.17) is 0 Å². The van der Waals surface area contributed by atoms with Crippen LogP contribution in [0.25, 0.3) is 0 Å². The van der Waals surface area contributed by atoms with E-state index < -0.39 is 0 Å². The lowest BCUT2D eigenvalue weighted by molar-refractivity contribution is 0.309. The molecule has 0 aromatic carbocycles. The van der Waals surface area contributed by atoms with Gasteiger partial charge in [0.05, 0.1) is 0 Å². The zero-order valence-corrected chi connectivity index (χ0v) is 5.69. The van der Waals surface area contributed by atoms with Crippen LogP contribution in [-0.2, 0) is 0 Å². The minimum absolute atomic E-state index is 0.804. The second kappa shape index (κ2) is 2.06. The van der Waals surface area contributed by atoms with Crippen LogP contribution < -0.4 is 0 Å². The average Bonchev–Trinajstić information content (AvgIpc) is 2.33. The van der Waals surface area contributed by atoms with Gasteiger partial charge < -0.3 is 0 Å². The highest BCUT2D eigenvalue weighted by atomic mass is 14.3. The van der Waals surface area contributed by atoms with Crippen molar-refractivity contribution in [2.75, 3.05) is 0 Å². The molecule has 0 N–H and O–H groups in total. The van der Waals surface area contributed by atoms with Gasteiger partial charge in [0.1, 0.15) is 0 Å². The van der Waals surface area contributed by atoms with Gasteiger partial charge in [0.15, 0.2) is 0 Å². The van der Waals surface area contributed by atoms with Crippen molar-refractivity contribution in [3.05, 3.63) is 0 Å². The SMILES string of the molecule is C1#CC2CCCCC2C1. The van der Waals surface area contributed by atoms with Gasteiger partial charge in [-0.3, -0.25) is 0 Å². The molecular weight excluding hydrogens is 108 g/mol. The van der Waals surface area contributed by atoms with Crippen LogP contribution in [0, 0.1) is 23.7 Å². The zero-order chi connectivity index (χ0) is 6.10. The molecule has 0 aromatic heterocycles. The highest BCUT2D eigenvalue weighted by Crippen LogP contribution is 2.34. The minimum Gasteiger partial charge on any atom is -0.103 e. The van der Waals surface area contributed by atoms with E-state index in [2.05, 4.69) is 11.8 Å². The molecule has 48 valence electrons. The van der Waals surface area contributed by atoms with Crippen molar-refractivity contribution in [2.45, 2.75) is 32.1 Å². The summed E-state index contributed by atoms with van der Waals surface area (Å²) >= 11 is 0. The quantitative estimate of drug-likeness (QED) is 0.430. The van der Waals surface area contributed by atoms with Gasteiger partial charge >= 0.3 is 0 Å². The van der Waals surface area contributed by atoms with Gasteiger partial charge in [-0.05, 0) is 18.8 Å². The predicted octanol–water partition coefficient (Wildman–Crippen LogP) is 2.20. The monoisotopic (exact) mass is 120 g/mol. The summed E-state index contributed by atoms with van der Waals surface area (Å²) in [6.07, 6.45) is 6.90. The Morgan fingerprint density at radius 1 is 1.11 bits per heavy atom. The van der Waals surface area contributed by atoms with Gasteiger partial charge in [-0.2, -0.15) is 0 Å². The third-order valence-electron chi connectivity index (χ3n) is 2.56. The molecule has 2 unspecified atom stereocenters. The number of hydrogen-bond donors (Lipinski definition) is 0. The normalized spacial score (nSPS) is 39.1. The maximum absolute atomic E-state index is 3.31. The lowest BCUT2D eigenvalue weighted by atomic mass is 9.81. The van der Waals surface area contributed by atoms with Crippen molar-refractivity contribution < 1.29 is 0 Å². The fourth-order valence-corrected chi connectivity index (χ4v) is 1.96. The first-order valence-electron chi connectivity index (χ1n) is 3.95. The Morgan fingerprint density at radius 3 is 2.89 bits per heavy atom. The Morgan fingerprint density at radius 2 is 2.00 bits per heavy atom. The maximum Gasteiger partial charge on any atom is 0.0240 e. The largest absolute Gasteiger partial charge is 0.103 e. The van der Waals surface area contributed by atoms with E-state index in [1.807, 2.05) is 0 Å². The Kier molecular flexibility index (Phi) is 1.23. The van der Waals surface area contributed by atoms with E-state index in [9.17, 15) is 0 Å². The Labute approximate surface area is 56.6 Å². The molecule has 9 heavy (non-hydrogen) atoms. The van der Waals surface area contributed by atoms with Crippen molar-refractivity contribution in [3.63, 3.8) is 0 Å². The Balaban J connectivity index is 2.05. The summed E-state index contributed by atoms with van der Waals surface area (Å²) in [5.74, 6) is 8.27. The molecule has 2 rings (SSSR count). The third-order valence-corrected chi connectivity index (χ3v) is 2.56. The highest BCUT2D eigenvalue weighted by molar-refractivity contribution is 5.14. The average molecular weight is 120 g/mol. The van der Waals surface area contributed by atoms with Crippen LogP contribution in [0.15, 0.2) is 0 Å². The molecule has 0 aromatic rings. The fourth-order valence-electron chi connectivity index (χ4n) is 1.96. The first-order valence-corrected chi connectivity index (χ1v) is 3.95. The summed E-state index contributed by atoms with van der Waals surface area (Å²) in [5, 5.41) is 0. The van der Waals surface area contributed by atoms with E-state index in [1.165, 1.54) is 32.1 Å². The molecule has 0 bridgehead atoms. The first kappa shape index (κ1) is 5.35. The molecule has 0 heteroatoms. The van der Waals surface area contributed by atoms with Crippen molar-refractivity contribution >= 4 is 0 Å². The van der Waals surface area contributed by atoms with Crippen LogP contribution in [0.1, 0.15) is 32.1 Å². The summed E-state index contributed by atoms with van der Waals surface area (Å²) < 4.78 is 0. The molecule has 0 heterocycles. The van der Waals surface area contributed by atoms with E-state index in [0.29, 0.717) is 0 Å². The van der Waals surface area contributed by atoms with Gasteiger partial charge in [0.2, 0.25) is 0 Å². The van der Waals surface area contributed by atoms with Crippen molar-refractivity contribution in [3.8, 4) is 11.8 Å². The molecule has 0 nitrogen and oxygen atoms in total. The molecular formula is C9H12. The topological polar surface area (TPSA) is 0 Å². The zero-order valence-electron chi connectivity index (χ0n) is 5.69. The summed E-state index contributed by atoms with van der Waals surface area (Å²) in [7, 11) is 0. The van der Waals surface area contributed by atoms with Gasteiger partial charge in [0, 0.05) is 12.3 Å². The molecule has 0 amide bonds. The molecule has 2 aliphatic rings. The molecule has 0 spiro atoms. The van der Waals surface area contributed by atoms with Gasteiger partial charge in [0.25, 0.3) is 0 Å². The lowest BCUT2D eigenvalue weighted by Gasteiger charge is -2.22. The summed E-state index contributed by atoms with van der Waals surface area (Å²) in [5.41, 5.74) is 0. The predicted molar refractivity (Wildman–Crippen MR) is 37.8 cm³/mol. The molecule has 0 aliphatic heterocycles. The van der Waals surface area contributed by atoms with E-state index in [-0.39, 0.29) is 0 Å². The lowest BCUT2D eigenvalue weighted by Crippen LogP contribution is -2.13. The molecule has 2 atom stereocenters. The summed E-state index contributed by atoms with van der Waals surface area (Å²) in [6.45, 7) is 0. The van der Waals surface area contributed by atoms with Crippen molar-refractivity contribution in [2.24, 2.45) is 11.8 Å². The van der Waals surface area contributed by atoms with Crippen molar-refractivity contribution in [1.29, 1.82) is 0 Å². The van der Waals surface area contributed by atoms with Crippen LogP contribution in [-0.4, -0.2) is 0 Å². The van der Waals surface area contributed by atoms with Gasteiger partial charge in [-0.25, -0.2) is 0 Å². The number of rotatable bonds is 0. The smallest absolute Gasteiger partial charge is 0.0240 e. The standard InChI is InChI=1S/C9H12/c1-2-5-9-7-3-6-8(9)4-1/h8-9H,1-2,4-6H2. The number of hydrogen-bond acceptors (Lipinski definition) is 0. The van der Waals surface area contributed by atoms with E-state index in [0.717, 1.165) is 11.8 Å².